The lowest BCUT2D eigenvalue weighted by molar-refractivity contribution is 0.407. The first kappa shape index (κ1) is 20.8. The van der Waals surface area contributed by atoms with Crippen LogP contribution in [-0.4, -0.2) is 35.6 Å². The number of piperidine rings is 1. The summed E-state index contributed by atoms with van der Waals surface area (Å²) in [4.78, 5) is 15.9. The Labute approximate surface area is 184 Å². The van der Waals surface area contributed by atoms with Crippen molar-refractivity contribution in [2.24, 2.45) is 10.9 Å². The van der Waals surface area contributed by atoms with Crippen LogP contribution < -0.4 is 15.5 Å². The van der Waals surface area contributed by atoms with Crippen LogP contribution in [0, 0.1) is 12.8 Å². The van der Waals surface area contributed by atoms with Crippen LogP contribution in [0.2, 0.25) is 0 Å². The summed E-state index contributed by atoms with van der Waals surface area (Å²) in [5, 5.41) is 7.01. The number of hydrogen-bond donors (Lipinski definition) is 2. The standard InChI is InChI=1S/C25H30N6/c1-20-10-12-21(13-11-20)17-28-24(30-23-8-3-2-4-9-23)29-18-22-7-5-16-31(19-22)25-26-14-6-15-27-25/h2-4,6,8-15,22H,5,7,16-19H2,1H3,(H2,28,29,30). The summed E-state index contributed by atoms with van der Waals surface area (Å²) in [6, 6.07) is 20.6. The van der Waals surface area contributed by atoms with E-state index in [9.17, 15) is 0 Å². The van der Waals surface area contributed by atoms with Crippen LogP contribution in [-0.2, 0) is 6.54 Å². The molecule has 0 radical (unpaired) electrons. The Morgan fingerprint density at radius 1 is 1.03 bits per heavy atom. The molecule has 1 aromatic heterocycles. The number of benzene rings is 2. The highest BCUT2D eigenvalue weighted by Gasteiger charge is 2.21. The van der Waals surface area contributed by atoms with Gasteiger partial charge in [-0.1, -0.05) is 48.0 Å². The Bertz CT molecular complexity index is 956. The number of guanidine groups is 1. The number of rotatable bonds is 6. The molecule has 1 saturated heterocycles. The number of anilines is 2. The zero-order chi connectivity index (χ0) is 21.3. The van der Waals surface area contributed by atoms with Crippen molar-refractivity contribution >= 4 is 17.6 Å². The Hall–Kier alpha value is -3.41. The highest BCUT2D eigenvalue weighted by atomic mass is 15.3. The maximum absolute atomic E-state index is 4.84. The van der Waals surface area contributed by atoms with Crippen LogP contribution in [0.3, 0.4) is 0 Å². The maximum Gasteiger partial charge on any atom is 0.225 e. The van der Waals surface area contributed by atoms with Gasteiger partial charge in [0.25, 0.3) is 0 Å². The summed E-state index contributed by atoms with van der Waals surface area (Å²) in [7, 11) is 0. The lowest BCUT2D eigenvalue weighted by Gasteiger charge is -2.33. The van der Waals surface area contributed by atoms with E-state index in [1.165, 1.54) is 17.5 Å². The zero-order valence-electron chi connectivity index (χ0n) is 18.0. The third kappa shape index (κ3) is 6.28. The average molecular weight is 415 g/mol. The van der Waals surface area contributed by atoms with Crippen LogP contribution in [0.4, 0.5) is 11.6 Å². The second-order valence-electron chi connectivity index (χ2n) is 8.03. The lowest BCUT2D eigenvalue weighted by atomic mass is 9.98. The molecule has 0 aliphatic carbocycles. The number of para-hydroxylation sites is 1. The highest BCUT2D eigenvalue weighted by molar-refractivity contribution is 5.93. The molecule has 1 fully saturated rings. The molecule has 4 rings (SSSR count). The Morgan fingerprint density at radius 2 is 1.81 bits per heavy atom. The first-order valence-electron chi connectivity index (χ1n) is 10.9. The van der Waals surface area contributed by atoms with Crippen LogP contribution in [0.1, 0.15) is 24.0 Å². The second-order valence-corrected chi connectivity index (χ2v) is 8.03. The van der Waals surface area contributed by atoms with E-state index in [0.717, 1.165) is 43.7 Å². The van der Waals surface area contributed by atoms with Gasteiger partial charge in [-0.25, -0.2) is 15.0 Å². The minimum atomic E-state index is 0.514. The Balaban J connectivity index is 1.40. The van der Waals surface area contributed by atoms with E-state index >= 15 is 0 Å². The molecule has 2 N–H and O–H groups in total. The fourth-order valence-corrected chi connectivity index (χ4v) is 3.77. The number of aryl methyl sites for hydroxylation is 1. The summed E-state index contributed by atoms with van der Waals surface area (Å²) >= 11 is 0. The predicted octanol–water partition coefficient (Wildman–Crippen LogP) is 4.26. The molecule has 1 atom stereocenters. The minimum absolute atomic E-state index is 0.514. The summed E-state index contributed by atoms with van der Waals surface area (Å²) in [6.45, 7) is 5.56. The first-order chi connectivity index (χ1) is 15.3. The van der Waals surface area contributed by atoms with E-state index < -0.39 is 0 Å². The maximum atomic E-state index is 4.84. The molecule has 2 heterocycles. The third-order valence-corrected chi connectivity index (χ3v) is 5.49. The van der Waals surface area contributed by atoms with Gasteiger partial charge < -0.3 is 15.5 Å². The van der Waals surface area contributed by atoms with Crippen LogP contribution in [0.25, 0.3) is 0 Å². The number of nitrogens with one attached hydrogen (secondary N) is 2. The number of aromatic nitrogens is 2. The van der Waals surface area contributed by atoms with Crippen LogP contribution in [0.5, 0.6) is 0 Å². The van der Waals surface area contributed by atoms with Gasteiger partial charge in [0.1, 0.15) is 0 Å². The van der Waals surface area contributed by atoms with E-state index in [-0.39, 0.29) is 0 Å². The molecule has 0 amide bonds. The predicted molar refractivity (Wildman–Crippen MR) is 127 cm³/mol. The third-order valence-electron chi connectivity index (χ3n) is 5.49. The molecular weight excluding hydrogens is 384 g/mol. The molecule has 31 heavy (non-hydrogen) atoms. The van der Waals surface area contributed by atoms with Gasteiger partial charge in [-0.05, 0) is 49.4 Å². The monoisotopic (exact) mass is 414 g/mol. The molecule has 0 spiro atoms. The molecule has 3 aromatic rings. The van der Waals surface area contributed by atoms with Crippen molar-refractivity contribution in [1.29, 1.82) is 0 Å². The van der Waals surface area contributed by atoms with Crippen molar-refractivity contribution < 1.29 is 0 Å². The van der Waals surface area contributed by atoms with Crippen molar-refractivity contribution in [3.8, 4) is 0 Å². The summed E-state index contributed by atoms with van der Waals surface area (Å²) in [5.41, 5.74) is 3.49. The molecular formula is C25H30N6. The van der Waals surface area contributed by atoms with Gasteiger partial charge in [-0.15, -0.1) is 0 Å². The van der Waals surface area contributed by atoms with Crippen molar-refractivity contribution in [3.63, 3.8) is 0 Å². The van der Waals surface area contributed by atoms with Gasteiger partial charge in [0.2, 0.25) is 5.95 Å². The van der Waals surface area contributed by atoms with Gasteiger partial charge >= 0.3 is 0 Å². The molecule has 1 unspecified atom stereocenters. The highest BCUT2D eigenvalue weighted by Crippen LogP contribution is 2.19. The quantitative estimate of drug-likeness (QED) is 0.466. The molecule has 6 heteroatoms. The zero-order valence-corrected chi connectivity index (χ0v) is 18.0. The SMILES string of the molecule is Cc1ccc(CN=C(NCC2CCCN(c3ncccn3)C2)Nc2ccccc2)cc1. The number of aliphatic imine (C=N–C) groups is 1. The number of hydrogen-bond acceptors (Lipinski definition) is 4. The van der Waals surface area contributed by atoms with Crippen molar-refractivity contribution in [3.05, 3.63) is 84.2 Å². The molecule has 2 aromatic carbocycles. The van der Waals surface area contributed by atoms with Gasteiger partial charge in [0, 0.05) is 37.7 Å². The summed E-state index contributed by atoms with van der Waals surface area (Å²) in [5.74, 6) is 2.14. The Morgan fingerprint density at radius 3 is 2.58 bits per heavy atom. The summed E-state index contributed by atoms with van der Waals surface area (Å²) < 4.78 is 0. The largest absolute Gasteiger partial charge is 0.356 e. The summed E-state index contributed by atoms with van der Waals surface area (Å²) in [6.07, 6.45) is 5.95. The molecule has 0 saturated carbocycles. The van der Waals surface area contributed by atoms with E-state index in [0.29, 0.717) is 12.5 Å². The van der Waals surface area contributed by atoms with Gasteiger partial charge in [-0.3, -0.25) is 0 Å². The van der Waals surface area contributed by atoms with Gasteiger partial charge in [0.15, 0.2) is 5.96 Å². The molecule has 160 valence electrons. The fraction of sp³-hybridized carbons (Fsp3) is 0.320. The fourth-order valence-electron chi connectivity index (χ4n) is 3.77. The van der Waals surface area contributed by atoms with Gasteiger partial charge in [0.05, 0.1) is 6.54 Å². The molecule has 0 bridgehead atoms. The first-order valence-corrected chi connectivity index (χ1v) is 10.9. The minimum Gasteiger partial charge on any atom is -0.356 e. The molecule has 1 aliphatic rings. The number of nitrogens with zero attached hydrogens (tertiary/aromatic N) is 4. The topological polar surface area (TPSA) is 65.4 Å². The van der Waals surface area contributed by atoms with Crippen molar-refractivity contribution in [1.82, 2.24) is 15.3 Å². The van der Waals surface area contributed by atoms with E-state index in [1.54, 1.807) is 0 Å². The molecule has 6 nitrogen and oxygen atoms in total. The lowest BCUT2D eigenvalue weighted by Crippen LogP contribution is -2.43. The average Bonchev–Trinajstić information content (AvgIpc) is 2.83. The normalized spacial score (nSPS) is 16.7. The smallest absolute Gasteiger partial charge is 0.225 e. The van der Waals surface area contributed by atoms with Gasteiger partial charge in [-0.2, -0.15) is 0 Å². The van der Waals surface area contributed by atoms with E-state index in [4.69, 9.17) is 4.99 Å². The van der Waals surface area contributed by atoms with E-state index in [2.05, 4.69) is 68.8 Å². The molecule has 1 aliphatic heterocycles. The van der Waals surface area contributed by atoms with Crippen molar-refractivity contribution in [2.45, 2.75) is 26.3 Å². The van der Waals surface area contributed by atoms with Crippen LogP contribution in [0.15, 0.2) is 78.0 Å². The van der Waals surface area contributed by atoms with Crippen LogP contribution >= 0.6 is 0 Å². The second kappa shape index (κ2) is 10.6. The van der Waals surface area contributed by atoms with E-state index in [1.807, 2.05) is 36.7 Å². The Kier molecular flexibility index (Phi) is 7.11. The van der Waals surface area contributed by atoms with Crippen molar-refractivity contribution in [2.75, 3.05) is 29.9 Å².